The van der Waals surface area contributed by atoms with Crippen molar-refractivity contribution >= 4 is 11.6 Å². The van der Waals surface area contributed by atoms with Gasteiger partial charge in [-0.1, -0.05) is 0 Å². The van der Waals surface area contributed by atoms with Gasteiger partial charge in [0.25, 0.3) is 0 Å². The largest absolute Gasteiger partial charge is 0.396 e. The molecule has 1 aliphatic heterocycles. The normalized spacial score (nSPS) is 24.6. The number of rotatable bonds is 3. The third kappa shape index (κ3) is 2.52. The molecule has 0 aliphatic carbocycles. The molecule has 88 valence electrons. The first kappa shape index (κ1) is 10.9. The van der Waals surface area contributed by atoms with Crippen molar-refractivity contribution in [3.63, 3.8) is 0 Å². The molecular weight excluding hydrogens is 208 g/mol. The van der Waals surface area contributed by atoms with Crippen LogP contribution in [-0.4, -0.2) is 34.4 Å². The van der Waals surface area contributed by atoms with Crippen LogP contribution in [0.15, 0.2) is 12.4 Å². The van der Waals surface area contributed by atoms with Crippen molar-refractivity contribution in [2.45, 2.75) is 32.0 Å². The van der Waals surface area contributed by atoms with Gasteiger partial charge in [-0.2, -0.15) is 5.10 Å². The highest BCUT2D eigenvalue weighted by atomic mass is 16.5. The quantitative estimate of drug-likeness (QED) is 0.742. The van der Waals surface area contributed by atoms with Gasteiger partial charge in [-0.25, -0.2) is 0 Å². The fourth-order valence-electron chi connectivity index (χ4n) is 1.79. The zero-order valence-corrected chi connectivity index (χ0v) is 9.22. The highest BCUT2D eigenvalue weighted by Crippen LogP contribution is 2.12. The van der Waals surface area contributed by atoms with Crippen LogP contribution in [0.3, 0.4) is 0 Å². The standard InChI is InChI=1S/C10H16N4O2/c1-7-9(2-3-16-7)13-10(15)6-14-5-8(11)4-12-14/h4-5,7,9H,2-3,6,11H2,1H3,(H,13,15). The Hall–Kier alpha value is -1.56. The van der Waals surface area contributed by atoms with E-state index in [9.17, 15) is 4.79 Å². The SMILES string of the molecule is CC1OCCC1NC(=O)Cn1cc(N)cn1. The maximum Gasteiger partial charge on any atom is 0.242 e. The predicted octanol–water partition coefficient (Wildman–Crippen LogP) is -0.241. The summed E-state index contributed by atoms with van der Waals surface area (Å²) in [6.07, 6.45) is 4.11. The van der Waals surface area contributed by atoms with Crippen molar-refractivity contribution in [2.75, 3.05) is 12.3 Å². The van der Waals surface area contributed by atoms with Gasteiger partial charge in [-0.15, -0.1) is 0 Å². The molecule has 6 nitrogen and oxygen atoms in total. The van der Waals surface area contributed by atoms with Crippen LogP contribution in [0.1, 0.15) is 13.3 Å². The first-order valence-corrected chi connectivity index (χ1v) is 5.34. The molecule has 2 heterocycles. The Balaban J connectivity index is 1.84. The van der Waals surface area contributed by atoms with Gasteiger partial charge in [0.1, 0.15) is 6.54 Å². The van der Waals surface area contributed by atoms with E-state index in [0.717, 1.165) is 6.42 Å². The van der Waals surface area contributed by atoms with Crippen LogP contribution in [0.4, 0.5) is 5.69 Å². The second-order valence-electron chi connectivity index (χ2n) is 4.01. The molecule has 2 unspecified atom stereocenters. The van der Waals surface area contributed by atoms with Crippen molar-refractivity contribution in [2.24, 2.45) is 0 Å². The Kier molecular flexibility index (Phi) is 3.09. The van der Waals surface area contributed by atoms with E-state index in [-0.39, 0.29) is 24.6 Å². The molecule has 3 N–H and O–H groups in total. The van der Waals surface area contributed by atoms with Gasteiger partial charge in [0.2, 0.25) is 5.91 Å². The highest BCUT2D eigenvalue weighted by molar-refractivity contribution is 5.76. The van der Waals surface area contributed by atoms with E-state index >= 15 is 0 Å². The van der Waals surface area contributed by atoms with E-state index < -0.39 is 0 Å². The van der Waals surface area contributed by atoms with Gasteiger partial charge >= 0.3 is 0 Å². The van der Waals surface area contributed by atoms with E-state index in [2.05, 4.69) is 10.4 Å². The lowest BCUT2D eigenvalue weighted by molar-refractivity contribution is -0.122. The monoisotopic (exact) mass is 224 g/mol. The number of aromatic nitrogens is 2. The number of nitrogen functional groups attached to an aromatic ring is 1. The van der Waals surface area contributed by atoms with Gasteiger partial charge < -0.3 is 15.8 Å². The first-order valence-electron chi connectivity index (χ1n) is 5.34. The van der Waals surface area contributed by atoms with Gasteiger partial charge in [0.15, 0.2) is 0 Å². The molecule has 0 spiro atoms. The summed E-state index contributed by atoms with van der Waals surface area (Å²) in [4.78, 5) is 11.7. The lowest BCUT2D eigenvalue weighted by atomic mass is 10.1. The topological polar surface area (TPSA) is 82.2 Å². The van der Waals surface area contributed by atoms with E-state index in [4.69, 9.17) is 10.5 Å². The number of nitrogens with two attached hydrogens (primary N) is 1. The molecule has 1 aromatic heterocycles. The fourth-order valence-corrected chi connectivity index (χ4v) is 1.79. The first-order chi connectivity index (χ1) is 7.65. The summed E-state index contributed by atoms with van der Waals surface area (Å²) in [5.74, 6) is -0.0644. The molecule has 0 saturated carbocycles. The predicted molar refractivity (Wildman–Crippen MR) is 58.6 cm³/mol. The lowest BCUT2D eigenvalue weighted by Crippen LogP contribution is -2.40. The molecule has 1 saturated heterocycles. The van der Waals surface area contributed by atoms with E-state index in [0.29, 0.717) is 12.3 Å². The summed E-state index contributed by atoms with van der Waals surface area (Å²) in [6, 6.07) is 0.111. The third-order valence-electron chi connectivity index (χ3n) is 2.68. The Bertz CT molecular complexity index is 377. The minimum absolute atomic E-state index is 0.0644. The van der Waals surface area contributed by atoms with Crippen LogP contribution >= 0.6 is 0 Å². The van der Waals surface area contributed by atoms with Crippen molar-refractivity contribution in [3.05, 3.63) is 12.4 Å². The highest BCUT2D eigenvalue weighted by Gasteiger charge is 2.25. The summed E-state index contributed by atoms with van der Waals surface area (Å²) in [5.41, 5.74) is 6.07. The van der Waals surface area contributed by atoms with Crippen LogP contribution in [0.25, 0.3) is 0 Å². The zero-order chi connectivity index (χ0) is 11.5. The third-order valence-corrected chi connectivity index (χ3v) is 2.68. The second kappa shape index (κ2) is 4.52. The number of ether oxygens (including phenoxy) is 1. The Morgan fingerprint density at radius 1 is 1.81 bits per heavy atom. The summed E-state index contributed by atoms with van der Waals surface area (Å²) in [7, 11) is 0. The molecule has 0 bridgehead atoms. The maximum absolute atomic E-state index is 11.7. The minimum atomic E-state index is -0.0644. The van der Waals surface area contributed by atoms with E-state index in [1.807, 2.05) is 6.92 Å². The summed E-state index contributed by atoms with van der Waals surface area (Å²) >= 11 is 0. The van der Waals surface area contributed by atoms with E-state index in [1.165, 1.54) is 10.9 Å². The van der Waals surface area contributed by atoms with Crippen LogP contribution in [0, 0.1) is 0 Å². The molecule has 6 heteroatoms. The number of anilines is 1. The Labute approximate surface area is 93.8 Å². The molecule has 1 fully saturated rings. The van der Waals surface area contributed by atoms with Crippen LogP contribution in [0.5, 0.6) is 0 Å². The van der Waals surface area contributed by atoms with E-state index in [1.54, 1.807) is 6.20 Å². The second-order valence-corrected chi connectivity index (χ2v) is 4.01. The molecular formula is C10H16N4O2. The number of carbonyl (C=O) groups excluding carboxylic acids is 1. The van der Waals surface area contributed by atoms with Gasteiger partial charge in [-0.3, -0.25) is 9.48 Å². The molecule has 0 aromatic carbocycles. The minimum Gasteiger partial charge on any atom is -0.396 e. The zero-order valence-electron chi connectivity index (χ0n) is 9.22. The van der Waals surface area contributed by atoms with Gasteiger partial charge in [0.05, 0.1) is 24.0 Å². The lowest BCUT2D eigenvalue weighted by Gasteiger charge is -2.15. The van der Waals surface area contributed by atoms with Crippen molar-refractivity contribution in [1.82, 2.24) is 15.1 Å². The van der Waals surface area contributed by atoms with Gasteiger partial charge in [0, 0.05) is 12.8 Å². The molecule has 2 atom stereocenters. The summed E-state index contributed by atoms with van der Waals surface area (Å²) in [5, 5.41) is 6.87. The number of nitrogens with one attached hydrogen (secondary N) is 1. The molecule has 16 heavy (non-hydrogen) atoms. The van der Waals surface area contributed by atoms with Crippen molar-refractivity contribution in [3.8, 4) is 0 Å². The average molecular weight is 224 g/mol. The van der Waals surface area contributed by atoms with Crippen LogP contribution < -0.4 is 11.1 Å². The fraction of sp³-hybridized carbons (Fsp3) is 0.600. The molecule has 0 radical (unpaired) electrons. The van der Waals surface area contributed by atoms with Gasteiger partial charge in [-0.05, 0) is 13.3 Å². The number of carbonyl (C=O) groups is 1. The summed E-state index contributed by atoms with van der Waals surface area (Å²) < 4.78 is 6.88. The molecule has 1 amide bonds. The van der Waals surface area contributed by atoms with Crippen LogP contribution in [-0.2, 0) is 16.1 Å². The smallest absolute Gasteiger partial charge is 0.242 e. The molecule has 2 rings (SSSR count). The van der Waals surface area contributed by atoms with Crippen molar-refractivity contribution < 1.29 is 9.53 Å². The average Bonchev–Trinajstić information content (AvgIpc) is 2.77. The van der Waals surface area contributed by atoms with Crippen molar-refractivity contribution in [1.29, 1.82) is 0 Å². The number of hydrogen-bond acceptors (Lipinski definition) is 4. The molecule has 1 aromatic rings. The number of nitrogens with zero attached hydrogens (tertiary/aromatic N) is 2. The Morgan fingerprint density at radius 3 is 3.19 bits per heavy atom. The van der Waals surface area contributed by atoms with Crippen LogP contribution in [0.2, 0.25) is 0 Å². The molecule has 1 aliphatic rings. The number of amides is 1. The Morgan fingerprint density at radius 2 is 2.62 bits per heavy atom. The summed E-state index contributed by atoms with van der Waals surface area (Å²) in [6.45, 7) is 2.87. The number of hydrogen-bond donors (Lipinski definition) is 2. The maximum atomic E-state index is 11.7.